The molecule has 1 amide bonds. The van der Waals surface area contributed by atoms with Crippen molar-refractivity contribution in [3.8, 4) is 6.07 Å². The Morgan fingerprint density at radius 2 is 1.82 bits per heavy atom. The zero-order chi connectivity index (χ0) is 21.5. The maximum atomic E-state index is 10.8. The largest absolute Gasteiger partial charge is 0.473 e. The third-order valence-electron chi connectivity index (χ3n) is 3.74. The molecule has 0 spiro atoms. The number of nitriles is 1. The van der Waals surface area contributed by atoms with E-state index in [1.807, 2.05) is 0 Å². The van der Waals surface area contributed by atoms with Gasteiger partial charge < -0.3 is 25.7 Å². The lowest BCUT2D eigenvalue weighted by atomic mass is 10.1. The smallest absolute Gasteiger partial charge is 0.414 e. The van der Waals surface area contributed by atoms with Crippen molar-refractivity contribution in [2.24, 2.45) is 0 Å². The first kappa shape index (κ1) is 24.9. The van der Waals surface area contributed by atoms with Crippen molar-refractivity contribution < 1.29 is 24.6 Å². The van der Waals surface area contributed by atoms with E-state index in [9.17, 15) is 4.79 Å². The van der Waals surface area contributed by atoms with Crippen LogP contribution in [0.2, 0.25) is 0 Å². The first-order chi connectivity index (χ1) is 13.2. The van der Waals surface area contributed by atoms with E-state index >= 15 is 0 Å². The minimum absolute atomic E-state index is 0.000593. The van der Waals surface area contributed by atoms with Crippen LogP contribution in [0.4, 0.5) is 5.69 Å². The van der Waals surface area contributed by atoms with E-state index in [1.165, 1.54) is 18.1 Å². The molecule has 0 saturated heterocycles. The Morgan fingerprint density at radius 1 is 1.18 bits per heavy atom. The molecule has 1 aromatic rings. The summed E-state index contributed by atoms with van der Waals surface area (Å²) < 4.78 is 0. The molecule has 0 aliphatic heterocycles. The van der Waals surface area contributed by atoms with Crippen LogP contribution in [0, 0.1) is 18.3 Å². The number of nitrogens with one attached hydrogen (secondary N) is 2. The molecule has 0 heterocycles. The van der Waals surface area contributed by atoms with Crippen LogP contribution in [0.5, 0.6) is 0 Å². The highest BCUT2D eigenvalue weighted by atomic mass is 16.4. The third kappa shape index (κ3) is 10.8. The molecule has 0 saturated carbocycles. The quantitative estimate of drug-likeness (QED) is 0.362. The topological polar surface area (TPSA) is 143 Å². The number of carbonyl (C=O) groups is 3. The Labute approximate surface area is 165 Å². The second kappa shape index (κ2) is 14.0. The summed E-state index contributed by atoms with van der Waals surface area (Å²) in [6.45, 7) is 9.58. The molecule has 0 unspecified atom stereocenters. The average Bonchev–Trinajstić information content (AvgIpc) is 2.63. The molecule has 0 fully saturated rings. The first-order valence-corrected chi connectivity index (χ1v) is 8.85. The fourth-order valence-electron chi connectivity index (χ4n) is 2.28. The number of hydrogen-bond acceptors (Lipinski definition) is 6. The van der Waals surface area contributed by atoms with Crippen LogP contribution in [0.15, 0.2) is 18.2 Å². The average molecular weight is 392 g/mol. The van der Waals surface area contributed by atoms with E-state index < -0.39 is 11.9 Å². The van der Waals surface area contributed by atoms with Crippen LogP contribution >= 0.6 is 0 Å². The summed E-state index contributed by atoms with van der Waals surface area (Å²) in [7, 11) is 0. The highest BCUT2D eigenvalue weighted by molar-refractivity contribution is 6.27. The van der Waals surface area contributed by atoms with Crippen molar-refractivity contribution in [2.75, 3.05) is 31.1 Å². The van der Waals surface area contributed by atoms with E-state index in [0.717, 1.165) is 31.9 Å². The fraction of sp³-hybridized carbons (Fsp3) is 0.474. The number of anilines is 1. The summed E-state index contributed by atoms with van der Waals surface area (Å²) in [5.74, 6) is -3.65. The molecule has 1 aromatic carbocycles. The molecule has 0 atom stereocenters. The van der Waals surface area contributed by atoms with Crippen LogP contribution in [-0.4, -0.2) is 54.2 Å². The van der Waals surface area contributed by atoms with E-state index in [4.69, 9.17) is 25.1 Å². The number of aryl methyl sites for hydroxylation is 1. The Balaban J connectivity index is 0.00000105. The number of rotatable bonds is 9. The summed E-state index contributed by atoms with van der Waals surface area (Å²) in [4.78, 5) is 31.2. The van der Waals surface area contributed by atoms with E-state index in [2.05, 4.69) is 53.6 Å². The number of aliphatic carboxylic acids is 2. The van der Waals surface area contributed by atoms with Crippen molar-refractivity contribution in [3.05, 3.63) is 29.3 Å². The van der Waals surface area contributed by atoms with Crippen LogP contribution in [-0.2, 0) is 20.9 Å². The van der Waals surface area contributed by atoms with Gasteiger partial charge in [-0.2, -0.15) is 5.26 Å². The molecule has 0 aliphatic rings. The second-order valence-electron chi connectivity index (χ2n) is 5.87. The van der Waals surface area contributed by atoms with Gasteiger partial charge in [-0.1, -0.05) is 6.07 Å². The van der Waals surface area contributed by atoms with Gasteiger partial charge in [-0.25, -0.2) is 9.59 Å². The van der Waals surface area contributed by atoms with E-state index in [1.54, 1.807) is 0 Å². The molecule has 9 heteroatoms. The molecule has 0 aromatic heterocycles. The lowest BCUT2D eigenvalue weighted by molar-refractivity contribution is -0.159. The Morgan fingerprint density at radius 3 is 2.29 bits per heavy atom. The standard InChI is InChI=1S/C17H26N4O.C2H2O4/c1-4-21(11-5-8-18)17-7-6-16(14(2)12-17)13-19-9-10-20-15(3)22;3-1(4)2(5)6/h6-7,12,19H,4-5,9-11,13H2,1-3H3,(H,20,22);(H,3,4)(H,5,6). The van der Waals surface area contributed by atoms with E-state index in [-0.39, 0.29) is 5.91 Å². The molecular weight excluding hydrogens is 364 g/mol. The lowest BCUT2D eigenvalue weighted by Gasteiger charge is -2.23. The molecule has 0 radical (unpaired) electrons. The van der Waals surface area contributed by atoms with Crippen LogP contribution < -0.4 is 15.5 Å². The summed E-state index contributed by atoms with van der Waals surface area (Å²) >= 11 is 0. The Hall–Kier alpha value is -3.12. The molecule has 0 aliphatic carbocycles. The lowest BCUT2D eigenvalue weighted by Crippen LogP contribution is -2.30. The number of hydrogen-bond donors (Lipinski definition) is 4. The monoisotopic (exact) mass is 392 g/mol. The van der Waals surface area contributed by atoms with Crippen LogP contribution in [0.1, 0.15) is 31.4 Å². The molecule has 0 bridgehead atoms. The molecule has 28 heavy (non-hydrogen) atoms. The third-order valence-corrected chi connectivity index (χ3v) is 3.74. The fourth-order valence-corrected chi connectivity index (χ4v) is 2.28. The maximum absolute atomic E-state index is 10.8. The maximum Gasteiger partial charge on any atom is 0.414 e. The van der Waals surface area contributed by atoms with Gasteiger partial charge in [0.1, 0.15) is 0 Å². The predicted octanol–water partition coefficient (Wildman–Crippen LogP) is 1.12. The van der Waals surface area contributed by atoms with Gasteiger partial charge in [-0.05, 0) is 37.1 Å². The first-order valence-electron chi connectivity index (χ1n) is 8.85. The van der Waals surface area contributed by atoms with Crippen molar-refractivity contribution >= 4 is 23.5 Å². The van der Waals surface area contributed by atoms with Gasteiger partial charge in [0.25, 0.3) is 0 Å². The molecule has 1 rings (SSSR count). The molecule has 154 valence electrons. The number of amides is 1. The SMILES string of the molecule is CCN(CCC#N)c1ccc(CNCCNC(C)=O)c(C)c1.O=C(O)C(=O)O. The van der Waals surface area contributed by atoms with E-state index in [0.29, 0.717) is 13.0 Å². The van der Waals surface area contributed by atoms with Crippen molar-refractivity contribution in [2.45, 2.75) is 33.7 Å². The van der Waals surface area contributed by atoms with Gasteiger partial charge >= 0.3 is 11.9 Å². The molecule has 4 N–H and O–H groups in total. The summed E-state index contributed by atoms with van der Waals surface area (Å²) in [5.41, 5.74) is 3.65. The normalized spacial score (nSPS) is 9.50. The molecule has 9 nitrogen and oxygen atoms in total. The van der Waals surface area contributed by atoms with Gasteiger partial charge in [0.2, 0.25) is 5.91 Å². The Bertz CT molecular complexity index is 688. The number of carboxylic acid groups (broad SMARTS) is 2. The highest BCUT2D eigenvalue weighted by Crippen LogP contribution is 2.19. The van der Waals surface area contributed by atoms with Gasteiger partial charge in [0, 0.05) is 45.3 Å². The van der Waals surface area contributed by atoms with Crippen LogP contribution in [0.3, 0.4) is 0 Å². The summed E-state index contributed by atoms with van der Waals surface area (Å²) in [6.07, 6.45) is 0.541. The Kier molecular flexibility index (Phi) is 12.4. The summed E-state index contributed by atoms with van der Waals surface area (Å²) in [6, 6.07) is 8.61. The zero-order valence-corrected chi connectivity index (χ0v) is 16.5. The number of benzene rings is 1. The van der Waals surface area contributed by atoms with Crippen molar-refractivity contribution in [3.63, 3.8) is 0 Å². The number of nitrogens with zero attached hydrogens (tertiary/aromatic N) is 2. The van der Waals surface area contributed by atoms with Gasteiger partial charge in [0.05, 0.1) is 12.5 Å². The predicted molar refractivity (Wildman–Crippen MR) is 105 cm³/mol. The minimum atomic E-state index is -1.82. The zero-order valence-electron chi connectivity index (χ0n) is 16.5. The summed E-state index contributed by atoms with van der Waals surface area (Å²) in [5, 5.41) is 29.6. The minimum Gasteiger partial charge on any atom is -0.473 e. The van der Waals surface area contributed by atoms with Crippen LogP contribution in [0.25, 0.3) is 0 Å². The second-order valence-corrected chi connectivity index (χ2v) is 5.87. The van der Waals surface area contributed by atoms with Crippen molar-refractivity contribution in [1.82, 2.24) is 10.6 Å². The highest BCUT2D eigenvalue weighted by Gasteiger charge is 2.06. The number of carbonyl (C=O) groups excluding carboxylic acids is 1. The van der Waals surface area contributed by atoms with Gasteiger partial charge in [0.15, 0.2) is 0 Å². The molecular formula is C19H28N4O5. The van der Waals surface area contributed by atoms with Gasteiger partial charge in [-0.3, -0.25) is 4.79 Å². The van der Waals surface area contributed by atoms with Gasteiger partial charge in [-0.15, -0.1) is 0 Å². The number of carboxylic acids is 2. The van der Waals surface area contributed by atoms with Crippen molar-refractivity contribution in [1.29, 1.82) is 5.26 Å².